The van der Waals surface area contributed by atoms with Gasteiger partial charge in [0, 0.05) is 0 Å². The fourth-order valence-electron chi connectivity index (χ4n) is 2.45. The van der Waals surface area contributed by atoms with Crippen molar-refractivity contribution >= 4 is 17.9 Å². The summed E-state index contributed by atoms with van der Waals surface area (Å²) in [6.45, 7) is 0.472. The van der Waals surface area contributed by atoms with Crippen LogP contribution in [0, 0.1) is 0 Å². The van der Waals surface area contributed by atoms with Gasteiger partial charge in [0.05, 0.1) is 0 Å². The maximum atomic E-state index is 12.0. The minimum atomic E-state index is -0.106. The average Bonchev–Trinajstić information content (AvgIpc) is 3.25. The van der Waals surface area contributed by atoms with E-state index in [1.165, 1.54) is 12.2 Å². The van der Waals surface area contributed by atoms with E-state index in [0.717, 1.165) is 22.6 Å². The van der Waals surface area contributed by atoms with Gasteiger partial charge in [0.1, 0.15) is 0 Å². The largest absolute Gasteiger partial charge is 0.454 e. The Morgan fingerprint density at radius 1 is 0.708 bits per heavy atom. The zero-order valence-corrected chi connectivity index (χ0v) is 12.7. The molecular formula is C19H14O5. The molecule has 0 bridgehead atoms. The molecule has 2 heterocycles. The Hall–Kier alpha value is -3.21. The minimum Gasteiger partial charge on any atom is -0.454 e. The van der Waals surface area contributed by atoms with Gasteiger partial charge in [0.2, 0.25) is 13.6 Å². The summed E-state index contributed by atoms with van der Waals surface area (Å²) < 4.78 is 21.1. The summed E-state index contributed by atoms with van der Waals surface area (Å²) in [6, 6.07) is 11.1. The molecule has 0 fully saturated rings. The van der Waals surface area contributed by atoms with E-state index in [0.29, 0.717) is 11.5 Å². The zero-order chi connectivity index (χ0) is 16.4. The van der Waals surface area contributed by atoms with Gasteiger partial charge >= 0.3 is 0 Å². The van der Waals surface area contributed by atoms with Crippen molar-refractivity contribution in [2.24, 2.45) is 0 Å². The normalized spacial score (nSPS) is 14.7. The topological polar surface area (TPSA) is 54.0 Å². The van der Waals surface area contributed by atoms with E-state index in [-0.39, 0.29) is 19.4 Å². The first kappa shape index (κ1) is 14.4. The second-order valence-corrected chi connectivity index (χ2v) is 5.29. The van der Waals surface area contributed by atoms with Crippen molar-refractivity contribution in [3.05, 3.63) is 59.7 Å². The van der Waals surface area contributed by atoms with E-state index in [4.69, 9.17) is 18.9 Å². The van der Waals surface area contributed by atoms with Crippen LogP contribution in [0.25, 0.3) is 12.2 Å². The number of hydrogen-bond donors (Lipinski definition) is 0. The maximum Gasteiger partial charge on any atom is 0.231 e. The molecular weight excluding hydrogens is 308 g/mol. The number of ketones is 1. The van der Waals surface area contributed by atoms with E-state index in [1.807, 2.05) is 36.4 Å². The molecule has 0 amide bonds. The van der Waals surface area contributed by atoms with Crippen LogP contribution >= 0.6 is 0 Å². The molecule has 0 N–H and O–H groups in total. The van der Waals surface area contributed by atoms with Gasteiger partial charge in [-0.3, -0.25) is 4.79 Å². The summed E-state index contributed by atoms with van der Waals surface area (Å²) >= 11 is 0. The summed E-state index contributed by atoms with van der Waals surface area (Å²) in [5, 5.41) is 0. The Morgan fingerprint density at radius 3 is 1.67 bits per heavy atom. The third-order valence-corrected chi connectivity index (χ3v) is 3.67. The Balaban J connectivity index is 1.42. The van der Waals surface area contributed by atoms with Gasteiger partial charge in [-0.15, -0.1) is 0 Å². The van der Waals surface area contributed by atoms with E-state index >= 15 is 0 Å². The third-order valence-electron chi connectivity index (χ3n) is 3.67. The molecule has 0 atom stereocenters. The highest BCUT2D eigenvalue weighted by molar-refractivity contribution is 6.04. The first-order chi connectivity index (χ1) is 11.8. The van der Waals surface area contributed by atoms with E-state index < -0.39 is 0 Å². The van der Waals surface area contributed by atoms with Crippen LogP contribution in [0.5, 0.6) is 23.0 Å². The number of ether oxygens (including phenoxy) is 4. The predicted octanol–water partition coefficient (Wildman–Crippen LogP) is 3.44. The van der Waals surface area contributed by atoms with Crippen molar-refractivity contribution in [1.82, 2.24) is 0 Å². The summed E-state index contributed by atoms with van der Waals surface area (Å²) in [5.74, 6) is 2.73. The molecule has 0 spiro atoms. The number of benzene rings is 2. The molecule has 2 aliphatic rings. The van der Waals surface area contributed by atoms with Crippen LogP contribution in [0.15, 0.2) is 48.6 Å². The summed E-state index contributed by atoms with van der Waals surface area (Å²) in [4.78, 5) is 12.0. The summed E-state index contributed by atoms with van der Waals surface area (Å²) in [7, 11) is 0. The second kappa shape index (κ2) is 6.12. The highest BCUT2D eigenvalue weighted by atomic mass is 16.7. The molecule has 2 aromatic carbocycles. The molecule has 2 aliphatic heterocycles. The molecule has 5 nitrogen and oxygen atoms in total. The van der Waals surface area contributed by atoms with Gasteiger partial charge in [-0.2, -0.15) is 0 Å². The fraction of sp³-hybridized carbons (Fsp3) is 0.105. The highest BCUT2D eigenvalue weighted by Gasteiger charge is 2.13. The lowest BCUT2D eigenvalue weighted by Gasteiger charge is -1.97. The van der Waals surface area contributed by atoms with Crippen LogP contribution in [0.2, 0.25) is 0 Å². The number of allylic oxidation sites excluding steroid dienone is 2. The molecule has 0 aromatic heterocycles. The van der Waals surface area contributed by atoms with Gasteiger partial charge in [0.25, 0.3) is 0 Å². The fourth-order valence-corrected chi connectivity index (χ4v) is 2.45. The van der Waals surface area contributed by atoms with Crippen LogP contribution in [-0.4, -0.2) is 19.4 Å². The second-order valence-electron chi connectivity index (χ2n) is 5.29. The Labute approximate surface area is 138 Å². The smallest absolute Gasteiger partial charge is 0.231 e. The van der Waals surface area contributed by atoms with Crippen molar-refractivity contribution in [2.45, 2.75) is 0 Å². The average molecular weight is 322 g/mol. The molecule has 120 valence electrons. The monoisotopic (exact) mass is 322 g/mol. The van der Waals surface area contributed by atoms with Crippen LogP contribution in [-0.2, 0) is 4.79 Å². The van der Waals surface area contributed by atoms with Gasteiger partial charge in [-0.1, -0.05) is 24.3 Å². The molecule has 0 unspecified atom stereocenters. The molecule has 2 aromatic rings. The Kier molecular flexibility index (Phi) is 3.67. The first-order valence-corrected chi connectivity index (χ1v) is 7.47. The van der Waals surface area contributed by atoms with Crippen molar-refractivity contribution in [2.75, 3.05) is 13.6 Å². The van der Waals surface area contributed by atoms with E-state index in [9.17, 15) is 4.79 Å². The van der Waals surface area contributed by atoms with E-state index in [1.54, 1.807) is 12.2 Å². The van der Waals surface area contributed by atoms with Crippen LogP contribution in [0.4, 0.5) is 0 Å². The van der Waals surface area contributed by atoms with Crippen LogP contribution < -0.4 is 18.9 Å². The highest BCUT2D eigenvalue weighted by Crippen LogP contribution is 2.33. The predicted molar refractivity (Wildman–Crippen MR) is 88.2 cm³/mol. The number of fused-ring (bicyclic) bond motifs is 2. The van der Waals surface area contributed by atoms with Crippen molar-refractivity contribution < 1.29 is 23.7 Å². The molecule has 0 radical (unpaired) electrons. The molecule has 5 heteroatoms. The van der Waals surface area contributed by atoms with E-state index in [2.05, 4.69) is 0 Å². The lowest BCUT2D eigenvalue weighted by atomic mass is 10.1. The number of carbonyl (C=O) groups excluding carboxylic acids is 1. The number of rotatable bonds is 4. The van der Waals surface area contributed by atoms with Crippen LogP contribution in [0.3, 0.4) is 0 Å². The zero-order valence-electron chi connectivity index (χ0n) is 12.7. The Morgan fingerprint density at radius 2 is 1.17 bits per heavy atom. The molecule has 4 rings (SSSR count). The van der Waals surface area contributed by atoms with Crippen LogP contribution in [0.1, 0.15) is 11.1 Å². The lowest BCUT2D eigenvalue weighted by Crippen LogP contribution is -1.92. The van der Waals surface area contributed by atoms with Gasteiger partial charge < -0.3 is 18.9 Å². The summed E-state index contributed by atoms with van der Waals surface area (Å²) in [5.41, 5.74) is 1.76. The first-order valence-electron chi connectivity index (χ1n) is 7.47. The van der Waals surface area contributed by atoms with Gasteiger partial charge in [-0.25, -0.2) is 0 Å². The van der Waals surface area contributed by atoms with Crippen molar-refractivity contribution in [1.29, 1.82) is 0 Å². The summed E-state index contributed by atoms with van der Waals surface area (Å²) in [6.07, 6.45) is 6.52. The molecule has 0 saturated carbocycles. The maximum absolute atomic E-state index is 12.0. The minimum absolute atomic E-state index is 0.106. The standard InChI is InChI=1S/C19H14O5/c20-15(5-1-13-3-7-16-18(9-13)23-11-21-16)6-2-14-4-8-17-19(10-14)24-12-22-17/h1-10H,11-12H2/b5-1+,6-2?. The number of hydrogen-bond acceptors (Lipinski definition) is 5. The lowest BCUT2D eigenvalue weighted by molar-refractivity contribution is -0.110. The van der Waals surface area contributed by atoms with Gasteiger partial charge in [-0.05, 0) is 47.5 Å². The quantitative estimate of drug-likeness (QED) is 0.807. The van der Waals surface area contributed by atoms with Gasteiger partial charge in [0.15, 0.2) is 28.8 Å². The SMILES string of the molecule is O=C(C=Cc1ccc2c(c1)OCO2)/C=C/c1ccc2c(c1)OCO2. The van der Waals surface area contributed by atoms with Crippen molar-refractivity contribution in [3.63, 3.8) is 0 Å². The van der Waals surface area contributed by atoms with Crippen molar-refractivity contribution in [3.8, 4) is 23.0 Å². The molecule has 0 aliphatic carbocycles. The molecule has 24 heavy (non-hydrogen) atoms. The Bertz CT molecular complexity index is 781. The third kappa shape index (κ3) is 2.96. The molecule has 0 saturated heterocycles. The number of carbonyl (C=O) groups is 1.